The van der Waals surface area contributed by atoms with Gasteiger partial charge in [-0.1, -0.05) is 60.4 Å². The number of aryl methyl sites for hydroxylation is 1. The molecule has 0 spiro atoms. The third-order valence-corrected chi connectivity index (χ3v) is 7.95. The molecule has 2 aromatic heterocycles. The Morgan fingerprint density at radius 2 is 1.84 bits per heavy atom. The molecular weight excluding hydrogens is 506 g/mol. The molecule has 2 aliphatic heterocycles. The fourth-order valence-corrected chi connectivity index (χ4v) is 5.87. The second-order valence-electron chi connectivity index (χ2n) is 9.16. The van der Waals surface area contributed by atoms with Crippen LogP contribution in [0.4, 0.5) is 5.82 Å². The quantitative estimate of drug-likeness (QED) is 0.338. The van der Waals surface area contributed by atoms with E-state index in [4.69, 9.17) is 21.9 Å². The normalized spacial score (nSPS) is 17.9. The highest BCUT2D eigenvalue weighted by Gasteiger charge is 2.33. The van der Waals surface area contributed by atoms with Crippen LogP contribution >= 0.6 is 24.0 Å². The van der Waals surface area contributed by atoms with E-state index in [9.17, 15) is 9.59 Å². The molecule has 2 aliphatic rings. The fraction of sp³-hybridized carbons (Fsp3) is 0.333. The standard InChI is InChI=1S/C27H29N5O3S2/c1-19-8-9-23-28-24(30-12-10-29(11-13-30)18-20-6-4-3-5-7-20)21(25(33)32(23)17-19)16-22-26(34)31(14-15-35-2)27(36)37-22/h3-9,16-17H,10-15,18H2,1-2H3/b22-16-. The predicted octanol–water partition coefficient (Wildman–Crippen LogP) is 3.17. The van der Waals surface area contributed by atoms with E-state index in [0.29, 0.717) is 39.4 Å². The minimum Gasteiger partial charge on any atom is -0.383 e. The average molecular weight is 536 g/mol. The van der Waals surface area contributed by atoms with E-state index in [-0.39, 0.29) is 11.5 Å². The number of anilines is 1. The van der Waals surface area contributed by atoms with Crippen molar-refractivity contribution in [2.75, 3.05) is 51.3 Å². The van der Waals surface area contributed by atoms with Crippen molar-refractivity contribution in [3.63, 3.8) is 0 Å². The molecule has 0 bridgehead atoms. The third kappa shape index (κ3) is 5.47. The van der Waals surface area contributed by atoms with Crippen molar-refractivity contribution in [2.24, 2.45) is 0 Å². The van der Waals surface area contributed by atoms with Crippen LogP contribution in [0.1, 0.15) is 16.7 Å². The maximum absolute atomic E-state index is 13.7. The number of amides is 1. The van der Waals surface area contributed by atoms with Gasteiger partial charge in [0.2, 0.25) is 0 Å². The van der Waals surface area contributed by atoms with E-state index >= 15 is 0 Å². The number of aromatic nitrogens is 2. The number of methoxy groups -OCH3 is 1. The van der Waals surface area contributed by atoms with Crippen molar-refractivity contribution in [3.05, 3.63) is 80.6 Å². The molecule has 4 heterocycles. The minimum atomic E-state index is -0.209. The zero-order valence-electron chi connectivity index (χ0n) is 20.9. The summed E-state index contributed by atoms with van der Waals surface area (Å²) < 4.78 is 7.15. The molecular formula is C27H29N5O3S2. The van der Waals surface area contributed by atoms with Crippen LogP contribution in [-0.2, 0) is 16.1 Å². The molecule has 2 saturated heterocycles. The number of fused-ring (bicyclic) bond motifs is 1. The van der Waals surface area contributed by atoms with Crippen LogP contribution in [0.2, 0.25) is 0 Å². The number of nitrogens with zero attached hydrogens (tertiary/aromatic N) is 5. The predicted molar refractivity (Wildman–Crippen MR) is 152 cm³/mol. The highest BCUT2D eigenvalue weighted by molar-refractivity contribution is 8.26. The number of carbonyl (C=O) groups excluding carboxylic acids is 1. The monoisotopic (exact) mass is 535 g/mol. The van der Waals surface area contributed by atoms with Crippen molar-refractivity contribution in [1.82, 2.24) is 19.2 Å². The van der Waals surface area contributed by atoms with Crippen LogP contribution in [0, 0.1) is 6.92 Å². The van der Waals surface area contributed by atoms with Gasteiger partial charge < -0.3 is 9.64 Å². The second kappa shape index (κ2) is 11.1. The van der Waals surface area contributed by atoms with Crippen LogP contribution in [0.3, 0.4) is 0 Å². The molecule has 5 rings (SSSR count). The lowest BCUT2D eigenvalue weighted by molar-refractivity contribution is -0.122. The lowest BCUT2D eigenvalue weighted by Crippen LogP contribution is -2.47. The molecule has 2 fully saturated rings. The fourth-order valence-electron chi connectivity index (χ4n) is 4.58. The molecule has 0 unspecified atom stereocenters. The minimum absolute atomic E-state index is 0.197. The summed E-state index contributed by atoms with van der Waals surface area (Å²) in [6.07, 6.45) is 3.45. The zero-order chi connectivity index (χ0) is 25.9. The second-order valence-corrected chi connectivity index (χ2v) is 10.8. The van der Waals surface area contributed by atoms with Gasteiger partial charge in [-0.3, -0.25) is 23.8 Å². The van der Waals surface area contributed by atoms with E-state index < -0.39 is 0 Å². The van der Waals surface area contributed by atoms with Crippen LogP contribution in [0.25, 0.3) is 11.7 Å². The number of piperazine rings is 1. The smallest absolute Gasteiger partial charge is 0.267 e. The number of thioether (sulfide) groups is 1. The molecule has 8 nitrogen and oxygen atoms in total. The van der Waals surface area contributed by atoms with Gasteiger partial charge in [-0.2, -0.15) is 0 Å². The third-order valence-electron chi connectivity index (χ3n) is 6.57. The van der Waals surface area contributed by atoms with Crippen molar-refractivity contribution in [3.8, 4) is 0 Å². The lowest BCUT2D eigenvalue weighted by atomic mass is 10.2. The Morgan fingerprint density at radius 3 is 2.57 bits per heavy atom. The van der Waals surface area contributed by atoms with Crippen molar-refractivity contribution in [2.45, 2.75) is 13.5 Å². The lowest BCUT2D eigenvalue weighted by Gasteiger charge is -2.36. The van der Waals surface area contributed by atoms with Gasteiger partial charge in [-0.05, 0) is 30.2 Å². The molecule has 37 heavy (non-hydrogen) atoms. The Balaban J connectivity index is 1.47. The Hall–Kier alpha value is -3.05. The average Bonchev–Trinajstić information content (AvgIpc) is 3.17. The number of pyridine rings is 1. The van der Waals surface area contributed by atoms with Gasteiger partial charge in [0.25, 0.3) is 11.5 Å². The molecule has 1 amide bonds. The summed E-state index contributed by atoms with van der Waals surface area (Å²) in [7, 11) is 1.59. The highest BCUT2D eigenvalue weighted by atomic mass is 32.2. The number of carbonyl (C=O) groups is 1. The van der Waals surface area contributed by atoms with E-state index in [0.717, 1.165) is 38.3 Å². The molecule has 3 aromatic rings. The Morgan fingerprint density at radius 1 is 1.08 bits per heavy atom. The first kappa shape index (κ1) is 25.6. The number of rotatable bonds is 7. The van der Waals surface area contributed by atoms with Gasteiger partial charge in [0.05, 0.1) is 23.6 Å². The molecule has 0 saturated carbocycles. The number of benzene rings is 1. The highest BCUT2D eigenvalue weighted by Crippen LogP contribution is 2.33. The van der Waals surface area contributed by atoms with Crippen LogP contribution in [-0.4, -0.2) is 75.9 Å². The number of ether oxygens (including phenoxy) is 1. The summed E-state index contributed by atoms with van der Waals surface area (Å²) in [6, 6.07) is 14.2. The SMILES string of the molecule is COCCN1C(=O)/C(=C/c2c(N3CCN(Cc4ccccc4)CC3)nc3ccc(C)cn3c2=O)SC1=S. The topological polar surface area (TPSA) is 70.4 Å². The molecule has 10 heteroatoms. The molecule has 0 N–H and O–H groups in total. The van der Waals surface area contributed by atoms with Gasteiger partial charge in [0.15, 0.2) is 0 Å². The number of hydrogen-bond acceptors (Lipinski definition) is 8. The van der Waals surface area contributed by atoms with E-state index in [1.807, 2.05) is 25.1 Å². The van der Waals surface area contributed by atoms with Crippen LogP contribution < -0.4 is 10.5 Å². The Kier molecular flexibility index (Phi) is 7.71. The van der Waals surface area contributed by atoms with E-state index in [2.05, 4.69) is 34.1 Å². The van der Waals surface area contributed by atoms with Gasteiger partial charge in [0.1, 0.15) is 15.8 Å². The molecule has 0 aliphatic carbocycles. The van der Waals surface area contributed by atoms with Crippen molar-refractivity contribution >= 4 is 51.7 Å². The van der Waals surface area contributed by atoms with Crippen molar-refractivity contribution in [1.29, 1.82) is 0 Å². The summed E-state index contributed by atoms with van der Waals surface area (Å²) in [6.45, 7) is 6.75. The maximum atomic E-state index is 13.7. The molecule has 0 atom stereocenters. The Labute approximate surface area is 225 Å². The molecule has 1 aromatic carbocycles. The van der Waals surface area contributed by atoms with Gasteiger partial charge >= 0.3 is 0 Å². The van der Waals surface area contributed by atoms with Gasteiger partial charge in [-0.15, -0.1) is 0 Å². The van der Waals surface area contributed by atoms with Crippen molar-refractivity contribution < 1.29 is 9.53 Å². The summed E-state index contributed by atoms with van der Waals surface area (Å²) in [5.41, 5.74) is 3.03. The van der Waals surface area contributed by atoms with Crippen LogP contribution in [0.15, 0.2) is 58.4 Å². The number of thiocarbonyl (C=S) groups is 1. The summed E-state index contributed by atoms with van der Waals surface area (Å²) in [4.78, 5) is 38.2. The van der Waals surface area contributed by atoms with Gasteiger partial charge in [0, 0.05) is 46.0 Å². The first-order chi connectivity index (χ1) is 17.9. The Bertz CT molecular complexity index is 1410. The summed E-state index contributed by atoms with van der Waals surface area (Å²) in [5.74, 6) is 0.398. The first-order valence-electron chi connectivity index (χ1n) is 12.2. The van der Waals surface area contributed by atoms with Gasteiger partial charge in [-0.25, -0.2) is 4.98 Å². The summed E-state index contributed by atoms with van der Waals surface area (Å²) >= 11 is 6.64. The largest absolute Gasteiger partial charge is 0.383 e. The van der Waals surface area contributed by atoms with E-state index in [1.54, 1.807) is 23.8 Å². The van der Waals surface area contributed by atoms with E-state index in [1.165, 1.54) is 22.2 Å². The van der Waals surface area contributed by atoms with Crippen LogP contribution in [0.5, 0.6) is 0 Å². The first-order valence-corrected chi connectivity index (χ1v) is 13.5. The zero-order valence-corrected chi connectivity index (χ0v) is 22.6. The number of hydrogen-bond donors (Lipinski definition) is 0. The maximum Gasteiger partial charge on any atom is 0.267 e. The molecule has 192 valence electrons. The molecule has 0 radical (unpaired) electrons. The summed E-state index contributed by atoms with van der Waals surface area (Å²) in [5, 5.41) is 0.